The maximum atomic E-state index is 10.6. The first kappa shape index (κ1) is 11.4. The fourth-order valence-electron chi connectivity index (χ4n) is 2.38. The number of pyridine rings is 1. The zero-order valence-corrected chi connectivity index (χ0v) is 9.52. The number of hydrogen-bond acceptors (Lipinski definition) is 4. The number of hydrogen-bond donors (Lipinski definition) is 2. The molecule has 4 heteroatoms. The van der Waals surface area contributed by atoms with Gasteiger partial charge in [-0.25, -0.2) is 4.98 Å². The number of rotatable bonds is 2. The lowest BCUT2D eigenvalue weighted by atomic mass is 9.78. The number of nitrogens with zero attached hydrogens (tertiary/aromatic N) is 1. The molecule has 0 saturated heterocycles. The summed E-state index contributed by atoms with van der Waals surface area (Å²) in [7, 11) is 1.72. The van der Waals surface area contributed by atoms with Crippen LogP contribution in [0.25, 0.3) is 0 Å². The molecular weight excluding hydrogens is 204 g/mol. The molecule has 0 radical (unpaired) electrons. The SMILES string of the molecule is COC1CCC(O)(c2cccnc2N)CC1. The summed E-state index contributed by atoms with van der Waals surface area (Å²) in [6, 6.07) is 3.67. The fraction of sp³-hybridized carbons (Fsp3) is 0.583. The minimum atomic E-state index is -0.826. The maximum absolute atomic E-state index is 10.6. The van der Waals surface area contributed by atoms with E-state index in [0.29, 0.717) is 18.7 Å². The van der Waals surface area contributed by atoms with Crippen molar-refractivity contribution in [1.29, 1.82) is 0 Å². The minimum Gasteiger partial charge on any atom is -0.385 e. The first-order chi connectivity index (χ1) is 7.65. The Bertz CT molecular complexity index is 360. The number of aliphatic hydroxyl groups is 1. The van der Waals surface area contributed by atoms with Crippen molar-refractivity contribution in [3.8, 4) is 0 Å². The Hall–Kier alpha value is -1.13. The van der Waals surface area contributed by atoms with Crippen LogP contribution in [0.4, 0.5) is 5.82 Å². The van der Waals surface area contributed by atoms with Crippen molar-refractivity contribution in [3.63, 3.8) is 0 Å². The third-order valence-electron chi connectivity index (χ3n) is 3.43. The lowest BCUT2D eigenvalue weighted by Gasteiger charge is -2.36. The van der Waals surface area contributed by atoms with Crippen molar-refractivity contribution in [2.24, 2.45) is 0 Å². The Kier molecular flexibility index (Phi) is 3.12. The second-order valence-electron chi connectivity index (χ2n) is 4.40. The van der Waals surface area contributed by atoms with Gasteiger partial charge >= 0.3 is 0 Å². The van der Waals surface area contributed by atoms with Crippen LogP contribution >= 0.6 is 0 Å². The van der Waals surface area contributed by atoms with E-state index in [1.165, 1.54) is 0 Å². The molecule has 4 nitrogen and oxygen atoms in total. The number of aromatic nitrogens is 1. The van der Waals surface area contributed by atoms with Crippen molar-refractivity contribution in [1.82, 2.24) is 4.98 Å². The van der Waals surface area contributed by atoms with E-state index >= 15 is 0 Å². The van der Waals surface area contributed by atoms with E-state index in [9.17, 15) is 5.11 Å². The van der Waals surface area contributed by atoms with Gasteiger partial charge < -0.3 is 15.6 Å². The Labute approximate surface area is 95.4 Å². The van der Waals surface area contributed by atoms with E-state index < -0.39 is 5.60 Å². The van der Waals surface area contributed by atoms with Gasteiger partial charge in [-0.15, -0.1) is 0 Å². The van der Waals surface area contributed by atoms with E-state index in [-0.39, 0.29) is 6.10 Å². The van der Waals surface area contributed by atoms with E-state index in [1.807, 2.05) is 12.1 Å². The molecule has 0 spiro atoms. The smallest absolute Gasteiger partial charge is 0.129 e. The standard InChI is InChI=1S/C12H18N2O2/c1-16-9-4-6-12(15,7-5-9)10-3-2-8-14-11(10)13/h2-3,8-9,15H,4-7H2,1H3,(H2,13,14). The molecule has 1 fully saturated rings. The van der Waals surface area contributed by atoms with Gasteiger partial charge in [0, 0.05) is 18.9 Å². The molecule has 0 amide bonds. The Balaban J connectivity index is 2.18. The van der Waals surface area contributed by atoms with Crippen LogP contribution < -0.4 is 5.73 Å². The summed E-state index contributed by atoms with van der Waals surface area (Å²) >= 11 is 0. The van der Waals surface area contributed by atoms with Crippen molar-refractivity contribution in [3.05, 3.63) is 23.9 Å². The van der Waals surface area contributed by atoms with E-state index in [1.54, 1.807) is 13.3 Å². The molecule has 0 unspecified atom stereocenters. The van der Waals surface area contributed by atoms with E-state index in [0.717, 1.165) is 18.4 Å². The fourth-order valence-corrected chi connectivity index (χ4v) is 2.38. The van der Waals surface area contributed by atoms with Gasteiger partial charge in [0.1, 0.15) is 5.82 Å². The molecule has 0 bridgehead atoms. The largest absolute Gasteiger partial charge is 0.385 e. The molecule has 0 atom stereocenters. The van der Waals surface area contributed by atoms with Crippen LogP contribution in [0, 0.1) is 0 Å². The van der Waals surface area contributed by atoms with Crippen molar-refractivity contribution >= 4 is 5.82 Å². The highest BCUT2D eigenvalue weighted by Gasteiger charge is 2.36. The highest BCUT2D eigenvalue weighted by atomic mass is 16.5. The van der Waals surface area contributed by atoms with Gasteiger partial charge in [-0.3, -0.25) is 0 Å². The van der Waals surface area contributed by atoms with Crippen LogP contribution in [-0.2, 0) is 10.3 Å². The summed E-state index contributed by atoms with van der Waals surface area (Å²) in [4.78, 5) is 4.03. The summed E-state index contributed by atoms with van der Waals surface area (Å²) in [6.07, 6.45) is 4.99. The highest BCUT2D eigenvalue weighted by molar-refractivity contribution is 5.43. The molecule has 1 aromatic rings. The second kappa shape index (κ2) is 4.39. The van der Waals surface area contributed by atoms with E-state index in [4.69, 9.17) is 10.5 Å². The van der Waals surface area contributed by atoms with Crippen LogP contribution in [0.5, 0.6) is 0 Å². The number of nitrogens with two attached hydrogens (primary N) is 1. The summed E-state index contributed by atoms with van der Waals surface area (Å²) in [5.74, 6) is 0.431. The molecule has 3 N–H and O–H groups in total. The minimum absolute atomic E-state index is 0.262. The molecular formula is C12H18N2O2. The second-order valence-corrected chi connectivity index (χ2v) is 4.40. The zero-order chi connectivity index (χ0) is 11.6. The normalized spacial score (nSPS) is 30.2. The topological polar surface area (TPSA) is 68.4 Å². The van der Waals surface area contributed by atoms with Crippen LogP contribution in [0.1, 0.15) is 31.2 Å². The molecule has 0 aromatic carbocycles. The van der Waals surface area contributed by atoms with Crippen LogP contribution in [0.2, 0.25) is 0 Å². The molecule has 1 heterocycles. The highest BCUT2D eigenvalue weighted by Crippen LogP contribution is 2.39. The average Bonchev–Trinajstić information content (AvgIpc) is 2.30. The molecule has 0 aliphatic heterocycles. The summed E-state index contributed by atoms with van der Waals surface area (Å²) in [6.45, 7) is 0. The van der Waals surface area contributed by atoms with Gasteiger partial charge in [0.05, 0.1) is 11.7 Å². The number of ether oxygens (including phenoxy) is 1. The van der Waals surface area contributed by atoms with Gasteiger partial charge in [-0.1, -0.05) is 6.07 Å². The first-order valence-electron chi connectivity index (χ1n) is 5.62. The first-order valence-corrected chi connectivity index (χ1v) is 5.62. The predicted octanol–water partition coefficient (Wildman–Crippen LogP) is 1.44. The lowest BCUT2D eigenvalue weighted by molar-refractivity contribution is -0.0471. The van der Waals surface area contributed by atoms with Gasteiger partial charge in [-0.05, 0) is 31.7 Å². The van der Waals surface area contributed by atoms with Gasteiger partial charge in [0.2, 0.25) is 0 Å². The molecule has 88 valence electrons. The maximum Gasteiger partial charge on any atom is 0.129 e. The Morgan fingerprint density at radius 2 is 2.19 bits per heavy atom. The Morgan fingerprint density at radius 3 is 2.75 bits per heavy atom. The molecule has 16 heavy (non-hydrogen) atoms. The number of nitrogen functional groups attached to an aromatic ring is 1. The van der Waals surface area contributed by atoms with Crippen LogP contribution in [-0.4, -0.2) is 23.3 Å². The Morgan fingerprint density at radius 1 is 1.50 bits per heavy atom. The van der Waals surface area contributed by atoms with Crippen LogP contribution in [0.3, 0.4) is 0 Å². The zero-order valence-electron chi connectivity index (χ0n) is 9.52. The van der Waals surface area contributed by atoms with Gasteiger partial charge in [0.15, 0.2) is 0 Å². The van der Waals surface area contributed by atoms with Crippen LogP contribution in [0.15, 0.2) is 18.3 Å². The average molecular weight is 222 g/mol. The molecule has 1 aliphatic carbocycles. The number of anilines is 1. The molecule has 1 aromatic heterocycles. The summed E-state index contributed by atoms with van der Waals surface area (Å²) < 4.78 is 5.29. The quantitative estimate of drug-likeness (QED) is 0.794. The summed E-state index contributed by atoms with van der Waals surface area (Å²) in [5.41, 5.74) is 5.73. The van der Waals surface area contributed by atoms with Crippen molar-refractivity contribution in [2.45, 2.75) is 37.4 Å². The molecule has 1 aliphatic rings. The van der Waals surface area contributed by atoms with Gasteiger partial charge in [0.25, 0.3) is 0 Å². The number of methoxy groups -OCH3 is 1. The third-order valence-corrected chi connectivity index (χ3v) is 3.43. The van der Waals surface area contributed by atoms with Crippen molar-refractivity contribution in [2.75, 3.05) is 12.8 Å². The third kappa shape index (κ3) is 2.03. The van der Waals surface area contributed by atoms with Crippen molar-refractivity contribution < 1.29 is 9.84 Å². The molecule has 1 saturated carbocycles. The monoisotopic (exact) mass is 222 g/mol. The molecule has 2 rings (SSSR count). The summed E-state index contributed by atoms with van der Waals surface area (Å²) in [5, 5.41) is 10.6. The lowest BCUT2D eigenvalue weighted by Crippen LogP contribution is -2.34. The predicted molar refractivity (Wildman–Crippen MR) is 61.8 cm³/mol. The van der Waals surface area contributed by atoms with Gasteiger partial charge in [-0.2, -0.15) is 0 Å². The van der Waals surface area contributed by atoms with E-state index in [2.05, 4.69) is 4.98 Å².